The van der Waals surface area contributed by atoms with Gasteiger partial charge >= 0.3 is 0 Å². The van der Waals surface area contributed by atoms with Gasteiger partial charge in [0, 0.05) is 30.1 Å². The van der Waals surface area contributed by atoms with Crippen LogP contribution in [-0.4, -0.2) is 31.4 Å². The van der Waals surface area contributed by atoms with Crippen LogP contribution >= 0.6 is 11.3 Å². The summed E-state index contributed by atoms with van der Waals surface area (Å²) in [7, 11) is -3.30. The molecule has 114 valence electrons. The Hall–Kier alpha value is -0.430. The highest BCUT2D eigenvalue weighted by Crippen LogP contribution is 2.32. The Morgan fingerprint density at radius 1 is 1.50 bits per heavy atom. The molecule has 1 saturated heterocycles. The Morgan fingerprint density at radius 3 is 2.75 bits per heavy atom. The predicted octanol–water partition coefficient (Wildman–Crippen LogP) is 2.73. The minimum Gasteiger partial charge on any atom is -0.310 e. The van der Waals surface area contributed by atoms with E-state index in [1.54, 1.807) is 4.31 Å². The lowest BCUT2D eigenvalue weighted by molar-refractivity contribution is 0.409. The first kappa shape index (κ1) is 15.9. The van der Waals surface area contributed by atoms with Gasteiger partial charge in [0.25, 0.3) is 10.0 Å². The molecule has 4 nitrogen and oxygen atoms in total. The molecule has 1 fully saturated rings. The second kappa shape index (κ2) is 6.13. The molecule has 0 saturated carbocycles. The first-order chi connectivity index (χ1) is 9.32. The van der Waals surface area contributed by atoms with E-state index in [0.29, 0.717) is 16.8 Å². The van der Waals surface area contributed by atoms with Crippen molar-refractivity contribution in [3.63, 3.8) is 0 Å². The SMILES string of the molecule is Cc1cc(S(=O)(=O)N2CCCC2C)sc1CNC(C)C. The van der Waals surface area contributed by atoms with Gasteiger partial charge in [-0.2, -0.15) is 4.31 Å². The summed E-state index contributed by atoms with van der Waals surface area (Å²) >= 11 is 1.41. The molecule has 1 unspecified atom stereocenters. The zero-order valence-electron chi connectivity index (χ0n) is 12.6. The summed E-state index contributed by atoms with van der Waals surface area (Å²) in [4.78, 5) is 1.11. The van der Waals surface area contributed by atoms with Crippen molar-refractivity contribution in [1.82, 2.24) is 9.62 Å². The van der Waals surface area contributed by atoms with Crippen molar-refractivity contribution in [1.29, 1.82) is 0 Å². The monoisotopic (exact) mass is 316 g/mol. The van der Waals surface area contributed by atoms with Crippen molar-refractivity contribution in [2.45, 2.75) is 63.4 Å². The molecule has 2 rings (SSSR count). The van der Waals surface area contributed by atoms with Crippen LogP contribution in [0.25, 0.3) is 0 Å². The van der Waals surface area contributed by atoms with E-state index in [4.69, 9.17) is 0 Å². The Labute approximate surface area is 126 Å². The molecule has 0 radical (unpaired) electrons. The van der Waals surface area contributed by atoms with E-state index in [2.05, 4.69) is 19.2 Å². The van der Waals surface area contributed by atoms with Crippen molar-refractivity contribution >= 4 is 21.4 Å². The van der Waals surface area contributed by atoms with E-state index in [0.717, 1.165) is 29.8 Å². The van der Waals surface area contributed by atoms with Crippen LogP contribution in [0, 0.1) is 6.92 Å². The molecular weight excluding hydrogens is 292 g/mol. The molecule has 1 atom stereocenters. The highest BCUT2D eigenvalue weighted by Gasteiger charge is 2.33. The zero-order valence-corrected chi connectivity index (χ0v) is 14.3. The standard InChI is InChI=1S/C14H24N2O2S2/c1-10(2)15-9-13-11(3)8-14(19-13)20(17,18)16-7-5-6-12(16)4/h8,10,12,15H,5-7,9H2,1-4H3. The number of nitrogens with one attached hydrogen (secondary N) is 1. The van der Waals surface area contributed by atoms with E-state index >= 15 is 0 Å². The van der Waals surface area contributed by atoms with Gasteiger partial charge in [-0.15, -0.1) is 11.3 Å². The number of hydrogen-bond donors (Lipinski definition) is 1. The van der Waals surface area contributed by atoms with Crippen molar-refractivity contribution in [3.8, 4) is 0 Å². The van der Waals surface area contributed by atoms with Gasteiger partial charge < -0.3 is 5.32 Å². The number of rotatable bonds is 5. The van der Waals surface area contributed by atoms with Crippen LogP contribution in [-0.2, 0) is 16.6 Å². The fourth-order valence-corrected chi connectivity index (χ4v) is 5.84. The molecule has 1 aromatic rings. The molecule has 0 amide bonds. The quantitative estimate of drug-likeness (QED) is 0.908. The Bertz CT molecular complexity index is 564. The molecule has 0 aromatic carbocycles. The van der Waals surface area contributed by atoms with Gasteiger partial charge in [0.05, 0.1) is 0 Å². The molecule has 2 heterocycles. The van der Waals surface area contributed by atoms with Crippen LogP contribution in [0.5, 0.6) is 0 Å². The molecule has 6 heteroatoms. The van der Waals surface area contributed by atoms with Crippen LogP contribution in [0.1, 0.15) is 44.1 Å². The maximum atomic E-state index is 12.7. The average Bonchev–Trinajstić information content (AvgIpc) is 2.93. The lowest BCUT2D eigenvalue weighted by Crippen LogP contribution is -2.33. The Kier molecular flexibility index (Phi) is 4.89. The van der Waals surface area contributed by atoms with Crippen molar-refractivity contribution in [2.75, 3.05) is 6.54 Å². The van der Waals surface area contributed by atoms with Gasteiger partial charge in [-0.25, -0.2) is 8.42 Å². The summed E-state index contributed by atoms with van der Waals surface area (Å²) in [6.07, 6.45) is 1.93. The van der Waals surface area contributed by atoms with Crippen LogP contribution in [0.3, 0.4) is 0 Å². The Balaban J connectivity index is 2.22. The van der Waals surface area contributed by atoms with Crippen molar-refractivity contribution < 1.29 is 8.42 Å². The van der Waals surface area contributed by atoms with E-state index in [9.17, 15) is 8.42 Å². The van der Waals surface area contributed by atoms with E-state index in [1.807, 2.05) is 19.9 Å². The lowest BCUT2D eigenvalue weighted by Gasteiger charge is -2.19. The van der Waals surface area contributed by atoms with Gasteiger partial charge in [-0.3, -0.25) is 0 Å². The van der Waals surface area contributed by atoms with Crippen molar-refractivity contribution in [3.05, 3.63) is 16.5 Å². The maximum absolute atomic E-state index is 12.7. The smallest absolute Gasteiger partial charge is 0.252 e. The first-order valence-corrected chi connectivity index (χ1v) is 9.42. The largest absolute Gasteiger partial charge is 0.310 e. The molecule has 1 N–H and O–H groups in total. The second-order valence-electron chi connectivity index (χ2n) is 5.81. The van der Waals surface area contributed by atoms with Crippen molar-refractivity contribution in [2.24, 2.45) is 0 Å². The number of nitrogens with zero attached hydrogens (tertiary/aromatic N) is 1. The molecule has 1 aromatic heterocycles. The van der Waals surface area contributed by atoms with Gasteiger partial charge in [-0.05, 0) is 38.3 Å². The molecule has 0 aliphatic carbocycles. The van der Waals surface area contributed by atoms with Gasteiger partial charge in [0.2, 0.25) is 0 Å². The minimum absolute atomic E-state index is 0.125. The summed E-state index contributed by atoms with van der Waals surface area (Å²) in [5.74, 6) is 0. The molecule has 0 bridgehead atoms. The normalized spacial score (nSPS) is 20.9. The summed E-state index contributed by atoms with van der Waals surface area (Å²) in [6.45, 7) is 9.55. The van der Waals surface area contributed by atoms with Gasteiger partial charge in [-0.1, -0.05) is 13.8 Å². The summed E-state index contributed by atoms with van der Waals surface area (Å²) in [5.41, 5.74) is 1.06. The zero-order chi connectivity index (χ0) is 14.9. The molecular formula is C14H24N2O2S2. The predicted molar refractivity (Wildman–Crippen MR) is 83.6 cm³/mol. The maximum Gasteiger partial charge on any atom is 0.252 e. The summed E-state index contributed by atoms with van der Waals surface area (Å²) in [6, 6.07) is 2.34. The van der Waals surface area contributed by atoms with Gasteiger partial charge in [0.1, 0.15) is 4.21 Å². The molecule has 1 aliphatic rings. The van der Waals surface area contributed by atoms with Crippen LogP contribution < -0.4 is 5.32 Å². The lowest BCUT2D eigenvalue weighted by atomic mass is 10.3. The fourth-order valence-electron chi connectivity index (χ4n) is 2.47. The average molecular weight is 316 g/mol. The number of hydrogen-bond acceptors (Lipinski definition) is 4. The second-order valence-corrected chi connectivity index (χ2v) is 9.07. The summed E-state index contributed by atoms with van der Waals surface area (Å²) < 4.78 is 27.5. The van der Waals surface area contributed by atoms with Crippen LogP contribution in [0.4, 0.5) is 0 Å². The number of thiophene rings is 1. The van der Waals surface area contributed by atoms with E-state index in [1.165, 1.54) is 11.3 Å². The number of sulfonamides is 1. The molecule has 20 heavy (non-hydrogen) atoms. The van der Waals surface area contributed by atoms with E-state index < -0.39 is 10.0 Å². The van der Waals surface area contributed by atoms with Gasteiger partial charge in [0.15, 0.2) is 0 Å². The third kappa shape index (κ3) is 3.24. The minimum atomic E-state index is -3.30. The third-order valence-electron chi connectivity index (χ3n) is 3.72. The highest BCUT2D eigenvalue weighted by atomic mass is 32.2. The van der Waals surface area contributed by atoms with Crippen LogP contribution in [0.2, 0.25) is 0 Å². The topological polar surface area (TPSA) is 49.4 Å². The summed E-state index contributed by atoms with van der Waals surface area (Å²) in [5, 5.41) is 3.35. The van der Waals surface area contributed by atoms with Crippen LogP contribution in [0.15, 0.2) is 10.3 Å². The third-order valence-corrected chi connectivity index (χ3v) is 7.42. The molecule has 1 aliphatic heterocycles. The molecule has 0 spiro atoms. The fraction of sp³-hybridized carbons (Fsp3) is 0.714. The highest BCUT2D eigenvalue weighted by molar-refractivity contribution is 7.91. The first-order valence-electron chi connectivity index (χ1n) is 7.17. The van der Waals surface area contributed by atoms with E-state index in [-0.39, 0.29) is 6.04 Å². The Morgan fingerprint density at radius 2 is 2.20 bits per heavy atom. The number of aryl methyl sites for hydroxylation is 1.